The molecule has 0 spiro atoms. The van der Waals surface area contributed by atoms with E-state index >= 15 is 0 Å². The van der Waals surface area contributed by atoms with Crippen molar-refractivity contribution in [1.29, 1.82) is 0 Å². The molecule has 0 bridgehead atoms. The van der Waals surface area contributed by atoms with E-state index in [1.807, 2.05) is 48.5 Å². The molecule has 150 valence electrons. The van der Waals surface area contributed by atoms with Crippen LogP contribution in [0.5, 0.6) is 5.75 Å². The molecule has 0 atom stereocenters. The summed E-state index contributed by atoms with van der Waals surface area (Å²) >= 11 is 6.48. The smallest absolute Gasteiger partial charge is 0.168 e. The maximum absolute atomic E-state index is 6.48. The molecule has 0 aliphatic carbocycles. The van der Waals surface area contributed by atoms with E-state index in [9.17, 15) is 0 Å². The Labute approximate surface area is 178 Å². The van der Waals surface area contributed by atoms with Crippen molar-refractivity contribution in [2.24, 2.45) is 0 Å². The minimum absolute atomic E-state index is 0.635. The number of methoxy groups -OCH3 is 1. The van der Waals surface area contributed by atoms with Crippen molar-refractivity contribution in [3.8, 4) is 11.4 Å². The number of ether oxygens (including phenoxy) is 1. The molecule has 5 aromatic rings. The van der Waals surface area contributed by atoms with Crippen molar-refractivity contribution in [3.05, 3.63) is 82.5 Å². The summed E-state index contributed by atoms with van der Waals surface area (Å²) in [4.78, 5) is 9.54. The molecule has 0 aliphatic rings. The molecule has 0 amide bonds. The lowest BCUT2D eigenvalue weighted by molar-refractivity contribution is 0.414. The van der Waals surface area contributed by atoms with Crippen LogP contribution in [0.3, 0.4) is 0 Å². The third-order valence-corrected chi connectivity index (χ3v) is 5.81. The summed E-state index contributed by atoms with van der Waals surface area (Å²) in [6, 6.07) is 15.7. The van der Waals surface area contributed by atoms with E-state index in [-0.39, 0.29) is 0 Å². The molecule has 7 heteroatoms. The van der Waals surface area contributed by atoms with Crippen LogP contribution in [-0.4, -0.2) is 31.3 Å². The Kier molecular flexibility index (Phi) is 4.44. The third kappa shape index (κ3) is 2.92. The van der Waals surface area contributed by atoms with Crippen molar-refractivity contribution in [2.75, 3.05) is 7.11 Å². The monoisotopic (exact) mass is 417 g/mol. The van der Waals surface area contributed by atoms with Crippen LogP contribution in [0.15, 0.2) is 54.9 Å². The number of nitrogens with zero attached hydrogens (tertiary/aromatic N) is 5. The highest BCUT2D eigenvalue weighted by atomic mass is 35.5. The van der Waals surface area contributed by atoms with Crippen molar-refractivity contribution in [1.82, 2.24) is 24.1 Å². The second-order valence-corrected chi connectivity index (χ2v) is 7.67. The van der Waals surface area contributed by atoms with Crippen LogP contribution in [0.2, 0.25) is 5.02 Å². The number of aryl methyl sites for hydroxylation is 1. The van der Waals surface area contributed by atoms with Gasteiger partial charge in [-0.3, -0.25) is 4.57 Å². The van der Waals surface area contributed by atoms with E-state index in [0.29, 0.717) is 11.4 Å². The maximum atomic E-state index is 6.48. The van der Waals surface area contributed by atoms with Gasteiger partial charge in [0.2, 0.25) is 0 Å². The second-order valence-electron chi connectivity index (χ2n) is 7.26. The van der Waals surface area contributed by atoms with Gasteiger partial charge in [0.05, 0.1) is 23.2 Å². The zero-order valence-electron chi connectivity index (χ0n) is 16.9. The Bertz CT molecular complexity index is 1380. The van der Waals surface area contributed by atoms with Crippen LogP contribution in [0.1, 0.15) is 22.6 Å². The number of fused-ring (bicyclic) bond motifs is 3. The number of hydrogen-bond donors (Lipinski definition) is 0. The zero-order valence-corrected chi connectivity index (χ0v) is 17.7. The molecule has 0 saturated carbocycles. The van der Waals surface area contributed by atoms with Gasteiger partial charge in [-0.05, 0) is 49.2 Å². The fourth-order valence-corrected chi connectivity index (χ4v) is 4.05. The Hall–Kier alpha value is -3.38. The van der Waals surface area contributed by atoms with Crippen LogP contribution in [0.4, 0.5) is 0 Å². The number of rotatable bonds is 4. The van der Waals surface area contributed by atoms with E-state index in [1.165, 1.54) is 0 Å². The Morgan fingerprint density at radius 2 is 1.77 bits per heavy atom. The van der Waals surface area contributed by atoms with E-state index in [0.717, 1.165) is 50.8 Å². The molecule has 5 rings (SSSR count). The molecule has 3 aromatic heterocycles. The van der Waals surface area contributed by atoms with Gasteiger partial charge in [0.1, 0.15) is 12.1 Å². The predicted molar refractivity (Wildman–Crippen MR) is 118 cm³/mol. The van der Waals surface area contributed by atoms with Gasteiger partial charge in [0.25, 0.3) is 0 Å². The van der Waals surface area contributed by atoms with Gasteiger partial charge in [-0.2, -0.15) is 0 Å². The summed E-state index contributed by atoms with van der Waals surface area (Å²) in [6.45, 7) is 4.16. The fraction of sp³-hybridized carbons (Fsp3) is 0.174. The SMILES string of the molecule is COc1ccc(Cc2nc3c4c(C)c(C)n(-c5ccccc5Cl)c4ncn3n2)cc1. The number of halogens is 1. The molecule has 6 nitrogen and oxygen atoms in total. The highest BCUT2D eigenvalue weighted by Crippen LogP contribution is 2.32. The van der Waals surface area contributed by atoms with Gasteiger partial charge in [-0.1, -0.05) is 35.9 Å². The Morgan fingerprint density at radius 1 is 1.00 bits per heavy atom. The predicted octanol–water partition coefficient (Wildman–Crippen LogP) is 4.94. The number of para-hydroxylation sites is 1. The third-order valence-electron chi connectivity index (χ3n) is 5.49. The van der Waals surface area contributed by atoms with Crippen molar-refractivity contribution in [3.63, 3.8) is 0 Å². The van der Waals surface area contributed by atoms with Crippen molar-refractivity contribution in [2.45, 2.75) is 20.3 Å². The highest BCUT2D eigenvalue weighted by molar-refractivity contribution is 6.32. The maximum Gasteiger partial charge on any atom is 0.168 e. The number of hydrogen-bond acceptors (Lipinski definition) is 4. The average molecular weight is 418 g/mol. The van der Waals surface area contributed by atoms with Crippen LogP contribution in [0, 0.1) is 13.8 Å². The van der Waals surface area contributed by atoms with Gasteiger partial charge in [0.15, 0.2) is 17.1 Å². The van der Waals surface area contributed by atoms with Gasteiger partial charge in [-0.15, -0.1) is 5.10 Å². The zero-order chi connectivity index (χ0) is 20.8. The lowest BCUT2D eigenvalue weighted by Crippen LogP contribution is -2.00. The summed E-state index contributed by atoms with van der Waals surface area (Å²) in [7, 11) is 1.66. The number of aromatic nitrogens is 5. The quantitative estimate of drug-likeness (QED) is 0.415. The van der Waals surface area contributed by atoms with Crippen molar-refractivity contribution < 1.29 is 4.74 Å². The molecule has 0 radical (unpaired) electrons. The molecule has 0 fully saturated rings. The van der Waals surface area contributed by atoms with Gasteiger partial charge >= 0.3 is 0 Å². The second kappa shape index (κ2) is 7.15. The lowest BCUT2D eigenvalue weighted by atomic mass is 10.1. The van der Waals surface area contributed by atoms with Gasteiger partial charge < -0.3 is 4.74 Å². The number of benzene rings is 2. The van der Waals surface area contributed by atoms with Crippen LogP contribution >= 0.6 is 11.6 Å². The fourth-order valence-electron chi connectivity index (χ4n) is 3.83. The van der Waals surface area contributed by atoms with Gasteiger partial charge in [-0.25, -0.2) is 14.5 Å². The normalized spacial score (nSPS) is 11.5. The molecular formula is C23H20ClN5O. The van der Waals surface area contributed by atoms with Crippen LogP contribution in [-0.2, 0) is 6.42 Å². The van der Waals surface area contributed by atoms with Gasteiger partial charge in [0, 0.05) is 12.1 Å². The summed E-state index contributed by atoms with van der Waals surface area (Å²) in [5, 5.41) is 6.32. The van der Waals surface area contributed by atoms with E-state index in [4.69, 9.17) is 26.3 Å². The summed E-state index contributed by atoms with van der Waals surface area (Å²) in [5.74, 6) is 1.58. The van der Waals surface area contributed by atoms with Crippen LogP contribution in [0.25, 0.3) is 22.4 Å². The minimum Gasteiger partial charge on any atom is -0.497 e. The Morgan fingerprint density at radius 3 is 2.50 bits per heavy atom. The Balaban J connectivity index is 1.65. The molecule has 0 saturated heterocycles. The largest absolute Gasteiger partial charge is 0.497 e. The molecule has 0 N–H and O–H groups in total. The molecule has 30 heavy (non-hydrogen) atoms. The molecule has 2 aromatic carbocycles. The first-order valence-electron chi connectivity index (χ1n) is 9.66. The van der Waals surface area contributed by atoms with Crippen molar-refractivity contribution >= 4 is 28.3 Å². The van der Waals surface area contributed by atoms with E-state index < -0.39 is 0 Å². The van der Waals surface area contributed by atoms with E-state index in [2.05, 4.69) is 23.5 Å². The first-order chi connectivity index (χ1) is 14.6. The standard InChI is InChI=1S/C23H20ClN5O/c1-14-15(2)29(19-7-5-4-6-18(19)24)22-21(14)23-26-20(27-28(23)13-25-22)12-16-8-10-17(30-3)11-9-16/h4-11,13H,12H2,1-3H3. The average Bonchev–Trinajstić information content (AvgIpc) is 3.27. The highest BCUT2D eigenvalue weighted by Gasteiger charge is 2.20. The summed E-state index contributed by atoms with van der Waals surface area (Å²) in [5.41, 5.74) is 5.86. The lowest BCUT2D eigenvalue weighted by Gasteiger charge is -2.09. The summed E-state index contributed by atoms with van der Waals surface area (Å²) in [6.07, 6.45) is 2.35. The molecule has 0 unspecified atom stereocenters. The molecule has 0 aliphatic heterocycles. The first-order valence-corrected chi connectivity index (χ1v) is 10.0. The topological polar surface area (TPSA) is 57.2 Å². The molecular weight excluding hydrogens is 398 g/mol. The summed E-state index contributed by atoms with van der Waals surface area (Å²) < 4.78 is 9.07. The first kappa shape index (κ1) is 18.6. The van der Waals surface area contributed by atoms with E-state index in [1.54, 1.807) is 18.0 Å². The minimum atomic E-state index is 0.635. The van der Waals surface area contributed by atoms with Crippen LogP contribution < -0.4 is 4.74 Å². The molecule has 3 heterocycles.